The minimum atomic E-state index is -0.857. The quantitative estimate of drug-likeness (QED) is 0.912. The fourth-order valence-electron chi connectivity index (χ4n) is 2.94. The molecule has 0 aromatic heterocycles. The molecule has 0 amide bonds. The first kappa shape index (κ1) is 14.0. The number of rotatable bonds is 3. The second-order valence-corrected chi connectivity index (χ2v) is 5.46. The van der Waals surface area contributed by atoms with E-state index in [1.807, 2.05) is 17.9 Å². The Hall–Kier alpha value is -1.42. The van der Waals surface area contributed by atoms with Crippen molar-refractivity contribution in [3.63, 3.8) is 0 Å². The number of aliphatic carboxylic acids is 1. The minimum Gasteiger partial charge on any atom is -0.480 e. The van der Waals surface area contributed by atoms with E-state index in [2.05, 4.69) is 0 Å². The maximum absolute atomic E-state index is 13.3. The highest BCUT2D eigenvalue weighted by molar-refractivity contribution is 5.78. The van der Waals surface area contributed by atoms with Crippen molar-refractivity contribution < 1.29 is 14.3 Å². The molecule has 1 N–H and O–H groups in total. The van der Waals surface area contributed by atoms with Crippen LogP contribution in [-0.4, -0.2) is 28.1 Å². The average Bonchev–Trinajstić information content (AvgIpc) is 2.38. The molecular formula is C15H20FNO2. The van der Waals surface area contributed by atoms with E-state index in [9.17, 15) is 14.3 Å². The molecule has 1 fully saturated rings. The predicted octanol–water partition coefficient (Wildman–Crippen LogP) is 3.22. The second-order valence-electron chi connectivity index (χ2n) is 5.46. The Kier molecular flexibility index (Phi) is 3.90. The Morgan fingerprint density at radius 2 is 2.21 bits per heavy atom. The summed E-state index contributed by atoms with van der Waals surface area (Å²) in [7, 11) is 0. The van der Waals surface area contributed by atoms with Crippen LogP contribution in [0.2, 0.25) is 0 Å². The van der Waals surface area contributed by atoms with Gasteiger partial charge in [-0.1, -0.05) is 12.1 Å². The Morgan fingerprint density at radius 1 is 1.47 bits per heavy atom. The highest BCUT2D eigenvalue weighted by Crippen LogP contribution is 2.35. The van der Waals surface area contributed by atoms with Crippen LogP contribution >= 0.6 is 0 Å². The van der Waals surface area contributed by atoms with Crippen LogP contribution in [0.3, 0.4) is 0 Å². The van der Waals surface area contributed by atoms with Crippen molar-refractivity contribution >= 4 is 5.97 Å². The van der Waals surface area contributed by atoms with E-state index in [4.69, 9.17) is 0 Å². The lowest BCUT2D eigenvalue weighted by Crippen LogP contribution is -2.55. The molecule has 0 spiro atoms. The number of hydrogen-bond donors (Lipinski definition) is 1. The van der Waals surface area contributed by atoms with Crippen molar-refractivity contribution in [3.05, 3.63) is 35.6 Å². The second kappa shape index (κ2) is 5.29. The zero-order valence-corrected chi connectivity index (χ0v) is 11.4. The zero-order chi connectivity index (χ0) is 14.0. The van der Waals surface area contributed by atoms with Gasteiger partial charge in [-0.05, 0) is 57.4 Å². The van der Waals surface area contributed by atoms with Gasteiger partial charge in [0.05, 0.1) is 0 Å². The molecule has 104 valence electrons. The smallest absolute Gasteiger partial charge is 0.323 e. The first-order valence-electron chi connectivity index (χ1n) is 6.71. The molecule has 3 nitrogen and oxygen atoms in total. The minimum absolute atomic E-state index is 0.0999. The SMILES string of the molecule is CC(c1cccc(F)c1)N1CCCCC1(C)C(=O)O. The normalized spacial score (nSPS) is 26.1. The molecule has 1 aliphatic rings. The van der Waals surface area contributed by atoms with Crippen molar-refractivity contribution in [1.29, 1.82) is 0 Å². The van der Waals surface area contributed by atoms with Crippen LogP contribution in [0.15, 0.2) is 24.3 Å². The van der Waals surface area contributed by atoms with E-state index in [0.717, 1.165) is 24.9 Å². The zero-order valence-electron chi connectivity index (χ0n) is 11.4. The Labute approximate surface area is 113 Å². The van der Waals surface area contributed by atoms with E-state index in [1.165, 1.54) is 12.1 Å². The van der Waals surface area contributed by atoms with Crippen LogP contribution in [0.4, 0.5) is 4.39 Å². The first-order chi connectivity index (χ1) is 8.95. The van der Waals surface area contributed by atoms with Gasteiger partial charge in [0.1, 0.15) is 11.4 Å². The van der Waals surface area contributed by atoms with Crippen molar-refractivity contribution in [1.82, 2.24) is 4.90 Å². The van der Waals surface area contributed by atoms with Gasteiger partial charge in [-0.3, -0.25) is 9.69 Å². The van der Waals surface area contributed by atoms with Crippen LogP contribution in [-0.2, 0) is 4.79 Å². The Morgan fingerprint density at radius 3 is 2.84 bits per heavy atom. The standard InChI is InChI=1S/C15H20FNO2/c1-11(12-6-5-7-13(16)10-12)17-9-4-3-8-15(17,2)14(18)19/h5-7,10-11H,3-4,8-9H2,1-2H3,(H,18,19). The van der Waals surface area contributed by atoms with Gasteiger partial charge in [0.25, 0.3) is 0 Å². The van der Waals surface area contributed by atoms with Crippen molar-refractivity contribution in [2.45, 2.75) is 44.7 Å². The van der Waals surface area contributed by atoms with Gasteiger partial charge in [-0.15, -0.1) is 0 Å². The third-order valence-corrected chi connectivity index (χ3v) is 4.21. The molecule has 19 heavy (non-hydrogen) atoms. The van der Waals surface area contributed by atoms with E-state index in [1.54, 1.807) is 13.0 Å². The van der Waals surface area contributed by atoms with Gasteiger partial charge in [0.2, 0.25) is 0 Å². The highest BCUT2D eigenvalue weighted by Gasteiger charge is 2.43. The summed E-state index contributed by atoms with van der Waals surface area (Å²) in [5.74, 6) is -1.08. The fraction of sp³-hybridized carbons (Fsp3) is 0.533. The van der Waals surface area contributed by atoms with Gasteiger partial charge in [-0.25, -0.2) is 4.39 Å². The van der Waals surface area contributed by atoms with Crippen LogP contribution in [0.5, 0.6) is 0 Å². The largest absolute Gasteiger partial charge is 0.480 e. The molecule has 0 aliphatic carbocycles. The van der Waals surface area contributed by atoms with Gasteiger partial charge >= 0.3 is 5.97 Å². The summed E-state index contributed by atoms with van der Waals surface area (Å²) in [6.07, 6.45) is 2.56. The summed E-state index contributed by atoms with van der Waals surface area (Å²) < 4.78 is 13.3. The number of hydrogen-bond acceptors (Lipinski definition) is 2. The summed E-state index contributed by atoms with van der Waals surface area (Å²) in [5.41, 5.74) is -0.0290. The van der Waals surface area contributed by atoms with Crippen LogP contribution in [0, 0.1) is 5.82 Å². The summed E-state index contributed by atoms with van der Waals surface area (Å²) in [4.78, 5) is 13.6. The Bertz CT molecular complexity index is 477. The summed E-state index contributed by atoms with van der Waals surface area (Å²) in [6, 6.07) is 6.31. The molecule has 1 saturated heterocycles. The number of nitrogens with zero attached hydrogens (tertiary/aromatic N) is 1. The Balaban J connectivity index is 2.30. The maximum Gasteiger partial charge on any atom is 0.323 e. The lowest BCUT2D eigenvalue weighted by Gasteiger charge is -2.45. The molecule has 0 saturated carbocycles. The van der Waals surface area contributed by atoms with Crippen molar-refractivity contribution in [3.8, 4) is 0 Å². The van der Waals surface area contributed by atoms with Gasteiger partial charge < -0.3 is 5.11 Å². The van der Waals surface area contributed by atoms with Crippen LogP contribution in [0.25, 0.3) is 0 Å². The number of benzene rings is 1. The molecule has 4 heteroatoms. The molecule has 1 heterocycles. The van der Waals surface area contributed by atoms with E-state index >= 15 is 0 Å². The van der Waals surface area contributed by atoms with Gasteiger partial charge in [0.15, 0.2) is 0 Å². The number of carboxylic acids is 1. The molecule has 1 aromatic carbocycles. The topological polar surface area (TPSA) is 40.5 Å². The summed E-state index contributed by atoms with van der Waals surface area (Å²) in [6.45, 7) is 4.45. The molecule has 0 bridgehead atoms. The van der Waals surface area contributed by atoms with E-state index in [-0.39, 0.29) is 11.9 Å². The maximum atomic E-state index is 13.3. The predicted molar refractivity (Wildman–Crippen MR) is 71.4 cm³/mol. The van der Waals surface area contributed by atoms with Crippen molar-refractivity contribution in [2.24, 2.45) is 0 Å². The van der Waals surface area contributed by atoms with Crippen molar-refractivity contribution in [2.75, 3.05) is 6.54 Å². The number of carboxylic acid groups (broad SMARTS) is 1. The molecular weight excluding hydrogens is 245 g/mol. The number of piperidine rings is 1. The first-order valence-corrected chi connectivity index (χ1v) is 6.71. The van der Waals surface area contributed by atoms with Gasteiger partial charge in [-0.2, -0.15) is 0 Å². The number of likely N-dealkylation sites (tertiary alicyclic amines) is 1. The van der Waals surface area contributed by atoms with E-state index in [0.29, 0.717) is 6.42 Å². The lowest BCUT2D eigenvalue weighted by molar-refractivity contribution is -0.155. The van der Waals surface area contributed by atoms with Crippen LogP contribution in [0.1, 0.15) is 44.7 Å². The summed E-state index contributed by atoms with van der Waals surface area (Å²) in [5, 5.41) is 9.50. The summed E-state index contributed by atoms with van der Waals surface area (Å²) >= 11 is 0. The number of carbonyl (C=O) groups is 1. The molecule has 1 aliphatic heterocycles. The fourth-order valence-corrected chi connectivity index (χ4v) is 2.94. The van der Waals surface area contributed by atoms with Gasteiger partial charge in [0, 0.05) is 6.04 Å². The molecule has 2 rings (SSSR count). The molecule has 0 radical (unpaired) electrons. The monoisotopic (exact) mass is 265 g/mol. The third kappa shape index (κ3) is 2.63. The van der Waals surface area contributed by atoms with E-state index < -0.39 is 11.5 Å². The molecule has 2 unspecified atom stereocenters. The van der Waals surface area contributed by atoms with Crippen LogP contribution < -0.4 is 0 Å². The highest BCUT2D eigenvalue weighted by atomic mass is 19.1. The average molecular weight is 265 g/mol. The molecule has 2 atom stereocenters. The number of halogens is 1. The third-order valence-electron chi connectivity index (χ3n) is 4.21. The lowest BCUT2D eigenvalue weighted by atomic mass is 9.86. The molecule has 1 aromatic rings.